The molecule has 1 amide bonds. The van der Waals surface area contributed by atoms with Gasteiger partial charge >= 0.3 is 0 Å². The third-order valence-electron chi connectivity index (χ3n) is 7.66. The van der Waals surface area contributed by atoms with E-state index in [0.29, 0.717) is 69.1 Å². The van der Waals surface area contributed by atoms with Crippen LogP contribution in [0.2, 0.25) is 5.02 Å². The molecule has 0 radical (unpaired) electrons. The number of carbonyl (C=O) groups excluding carboxylic acids is 1. The Labute approximate surface area is 224 Å². The number of nitrogens with two attached hydrogens (primary N) is 2. The van der Waals surface area contributed by atoms with E-state index in [1.54, 1.807) is 12.4 Å². The van der Waals surface area contributed by atoms with Crippen LogP contribution in [0.3, 0.4) is 0 Å². The van der Waals surface area contributed by atoms with Crippen LogP contribution in [0.25, 0.3) is 11.2 Å². The number of morpholine rings is 1. The number of benzene rings is 1. The summed E-state index contributed by atoms with van der Waals surface area (Å²) in [7, 11) is 0. The quantitative estimate of drug-likeness (QED) is 0.401. The number of rotatable bonds is 7. The van der Waals surface area contributed by atoms with Gasteiger partial charge in [-0.1, -0.05) is 11.6 Å². The fourth-order valence-electron chi connectivity index (χ4n) is 5.27. The number of amides is 1. The first-order valence-electron chi connectivity index (χ1n) is 12.9. The summed E-state index contributed by atoms with van der Waals surface area (Å²) in [5.41, 5.74) is 14.6. The van der Waals surface area contributed by atoms with Crippen molar-refractivity contribution in [1.29, 1.82) is 0 Å². The molecular formula is C25H31ClFN9O2. The highest BCUT2D eigenvalue weighted by Gasteiger charge is 2.43. The van der Waals surface area contributed by atoms with E-state index in [-0.39, 0.29) is 29.3 Å². The van der Waals surface area contributed by atoms with E-state index in [1.165, 1.54) is 6.33 Å². The molecule has 0 bridgehead atoms. The molecule has 2 aromatic heterocycles. The highest BCUT2D eigenvalue weighted by molar-refractivity contribution is 6.31. The molecule has 3 aromatic rings. The van der Waals surface area contributed by atoms with E-state index in [0.717, 1.165) is 24.1 Å². The Hall–Kier alpha value is -3.06. The second kappa shape index (κ2) is 9.92. The van der Waals surface area contributed by atoms with Crippen LogP contribution < -0.4 is 21.7 Å². The fourth-order valence-corrected chi connectivity index (χ4v) is 5.49. The third-order valence-corrected chi connectivity index (χ3v) is 7.94. The van der Waals surface area contributed by atoms with Gasteiger partial charge in [-0.3, -0.25) is 9.69 Å². The van der Waals surface area contributed by atoms with Crippen molar-refractivity contribution < 1.29 is 13.9 Å². The highest BCUT2D eigenvalue weighted by atomic mass is 35.5. The lowest BCUT2D eigenvalue weighted by atomic mass is 9.98. The van der Waals surface area contributed by atoms with Gasteiger partial charge in [0.15, 0.2) is 11.5 Å². The van der Waals surface area contributed by atoms with Crippen molar-refractivity contribution in [3.05, 3.63) is 40.7 Å². The summed E-state index contributed by atoms with van der Waals surface area (Å²) in [6.45, 7) is 4.04. The van der Waals surface area contributed by atoms with Crippen LogP contribution in [0, 0.1) is 5.82 Å². The molecule has 1 atom stereocenters. The van der Waals surface area contributed by atoms with Crippen LogP contribution in [-0.2, 0) is 22.6 Å². The number of anilines is 2. The molecular weight excluding hydrogens is 513 g/mol. The van der Waals surface area contributed by atoms with E-state index in [4.69, 9.17) is 27.8 Å². The molecule has 1 aromatic carbocycles. The summed E-state index contributed by atoms with van der Waals surface area (Å²) in [6, 6.07) is 1.86. The Balaban J connectivity index is 1.40. The topological polar surface area (TPSA) is 140 Å². The molecule has 1 saturated carbocycles. The van der Waals surface area contributed by atoms with E-state index in [9.17, 15) is 4.79 Å². The van der Waals surface area contributed by atoms with E-state index >= 15 is 4.39 Å². The molecule has 1 aliphatic carbocycles. The number of halogens is 2. The maximum Gasteiger partial charge on any atom is 0.242 e. The van der Waals surface area contributed by atoms with Crippen molar-refractivity contribution in [2.75, 3.05) is 50.0 Å². The van der Waals surface area contributed by atoms with Crippen LogP contribution in [-0.4, -0.2) is 81.3 Å². The average Bonchev–Trinajstić information content (AvgIpc) is 3.48. The number of aromatic nitrogens is 4. The van der Waals surface area contributed by atoms with E-state index in [2.05, 4.69) is 25.2 Å². The zero-order chi connectivity index (χ0) is 26.4. The molecule has 3 fully saturated rings. The molecule has 4 heterocycles. The SMILES string of the molecule is Nc1ncnc2c1ncn2Cc1c(N2CCC(N)(C(=O)NC3CC3)C2)cc(Cl)c(F)c1CN1CCOCC1. The predicted molar refractivity (Wildman–Crippen MR) is 141 cm³/mol. The summed E-state index contributed by atoms with van der Waals surface area (Å²) in [5.74, 6) is -0.322. The van der Waals surface area contributed by atoms with Gasteiger partial charge in [0, 0.05) is 55.6 Å². The number of nitrogens with zero attached hydrogens (tertiary/aromatic N) is 6. The first kappa shape index (κ1) is 25.2. The first-order chi connectivity index (χ1) is 18.3. The van der Waals surface area contributed by atoms with Gasteiger partial charge in [0.25, 0.3) is 0 Å². The second-order valence-electron chi connectivity index (χ2n) is 10.4. The fraction of sp³-hybridized carbons (Fsp3) is 0.520. The summed E-state index contributed by atoms with van der Waals surface area (Å²) in [6.07, 6.45) is 5.47. The Morgan fingerprint density at radius 2 is 1.97 bits per heavy atom. The van der Waals surface area contributed by atoms with Gasteiger partial charge in [0.1, 0.15) is 23.2 Å². The average molecular weight is 544 g/mol. The minimum absolute atomic E-state index is 0.0334. The largest absolute Gasteiger partial charge is 0.382 e. The molecule has 202 valence electrons. The molecule has 5 N–H and O–H groups in total. The molecule has 3 aliphatic rings. The smallest absolute Gasteiger partial charge is 0.242 e. The Morgan fingerprint density at radius 1 is 1.18 bits per heavy atom. The monoisotopic (exact) mass is 543 g/mol. The Morgan fingerprint density at radius 3 is 2.74 bits per heavy atom. The number of hydrogen-bond donors (Lipinski definition) is 3. The first-order valence-corrected chi connectivity index (χ1v) is 13.3. The van der Waals surface area contributed by atoms with E-state index in [1.807, 2.05) is 9.47 Å². The molecule has 2 saturated heterocycles. The van der Waals surface area contributed by atoms with Gasteiger partial charge in [-0.15, -0.1) is 0 Å². The lowest BCUT2D eigenvalue weighted by Gasteiger charge is -2.31. The zero-order valence-electron chi connectivity index (χ0n) is 21.0. The second-order valence-corrected chi connectivity index (χ2v) is 10.8. The summed E-state index contributed by atoms with van der Waals surface area (Å²) < 4.78 is 23.1. The van der Waals surface area contributed by atoms with Gasteiger partial charge in [-0.2, -0.15) is 0 Å². The number of imidazole rings is 1. The molecule has 11 nitrogen and oxygen atoms in total. The van der Waals surface area contributed by atoms with Gasteiger partial charge in [0.05, 0.1) is 31.1 Å². The molecule has 38 heavy (non-hydrogen) atoms. The van der Waals surface area contributed by atoms with Crippen molar-refractivity contribution in [2.45, 2.75) is 43.9 Å². The highest BCUT2D eigenvalue weighted by Crippen LogP contribution is 2.37. The molecule has 13 heteroatoms. The van der Waals surface area contributed by atoms with Crippen LogP contribution in [0.15, 0.2) is 18.7 Å². The summed E-state index contributed by atoms with van der Waals surface area (Å²) in [4.78, 5) is 29.9. The standard InChI is InChI=1S/C25H31ClFN9O2/c26-18-9-19(35-4-3-25(29,12-35)24(37)33-15-1-2-15)16(17(20(18)27)10-34-5-7-38-8-6-34)11-36-14-32-21-22(28)30-13-31-23(21)36/h9,13-15H,1-8,10-12,29H2,(H,33,37)(H2,28,30,31). The number of carbonyl (C=O) groups is 1. The van der Waals surface area contributed by atoms with Crippen molar-refractivity contribution in [1.82, 2.24) is 29.7 Å². The van der Waals surface area contributed by atoms with Gasteiger partial charge < -0.3 is 31.0 Å². The third kappa shape index (κ3) is 4.77. The van der Waals surface area contributed by atoms with Gasteiger partial charge in [-0.05, 0) is 25.3 Å². The van der Waals surface area contributed by atoms with Crippen LogP contribution >= 0.6 is 11.6 Å². The van der Waals surface area contributed by atoms with Gasteiger partial charge in [-0.25, -0.2) is 19.3 Å². The van der Waals surface area contributed by atoms with Crippen molar-refractivity contribution in [3.63, 3.8) is 0 Å². The molecule has 2 aliphatic heterocycles. The normalized spacial score (nSPS) is 22.3. The van der Waals surface area contributed by atoms with Crippen molar-refractivity contribution in [2.24, 2.45) is 5.73 Å². The zero-order valence-corrected chi connectivity index (χ0v) is 21.8. The maximum absolute atomic E-state index is 15.8. The molecule has 1 unspecified atom stereocenters. The van der Waals surface area contributed by atoms with Gasteiger partial charge in [0.2, 0.25) is 5.91 Å². The minimum Gasteiger partial charge on any atom is -0.382 e. The van der Waals surface area contributed by atoms with Crippen molar-refractivity contribution in [3.8, 4) is 0 Å². The lowest BCUT2D eigenvalue weighted by Crippen LogP contribution is -2.56. The van der Waals surface area contributed by atoms with Crippen LogP contribution in [0.1, 0.15) is 30.4 Å². The summed E-state index contributed by atoms with van der Waals surface area (Å²) >= 11 is 6.48. The van der Waals surface area contributed by atoms with E-state index < -0.39 is 11.4 Å². The Kier molecular flexibility index (Phi) is 6.58. The van der Waals surface area contributed by atoms with Crippen LogP contribution in [0.4, 0.5) is 15.9 Å². The number of ether oxygens (including phenoxy) is 1. The number of nitrogens with one attached hydrogen (secondary N) is 1. The molecule has 0 spiro atoms. The van der Waals surface area contributed by atoms with Crippen molar-refractivity contribution >= 4 is 40.2 Å². The lowest BCUT2D eigenvalue weighted by molar-refractivity contribution is -0.125. The number of fused-ring (bicyclic) bond motifs is 1. The number of hydrogen-bond acceptors (Lipinski definition) is 9. The predicted octanol–water partition coefficient (Wildman–Crippen LogP) is 1.27. The summed E-state index contributed by atoms with van der Waals surface area (Å²) in [5, 5.41) is 3.07. The van der Waals surface area contributed by atoms with Crippen LogP contribution in [0.5, 0.6) is 0 Å². The number of nitrogen functional groups attached to an aromatic ring is 1. The Bertz CT molecular complexity index is 1370. The minimum atomic E-state index is -1.03. The maximum atomic E-state index is 15.8. The molecule has 6 rings (SSSR count).